The molecule has 6 heteroatoms. The van der Waals surface area contributed by atoms with Gasteiger partial charge in [0.1, 0.15) is 0 Å². The van der Waals surface area contributed by atoms with Crippen molar-refractivity contribution in [3.8, 4) is 0 Å². The number of halogens is 1. The molecule has 0 aliphatic rings. The number of nitrogens with one attached hydrogen (secondary N) is 1. The third-order valence-electron chi connectivity index (χ3n) is 2.56. The maximum Gasteiger partial charge on any atom is 0.250 e. The molecule has 0 aliphatic carbocycles. The van der Waals surface area contributed by atoms with Gasteiger partial charge in [0.05, 0.1) is 16.6 Å². The number of nitrogens with two attached hydrogens (primary N) is 2. The number of primary amides is 1. The van der Waals surface area contributed by atoms with E-state index in [0.717, 1.165) is 0 Å². The second-order valence-electron chi connectivity index (χ2n) is 4.78. The highest BCUT2D eigenvalue weighted by Crippen LogP contribution is 2.20. The molecule has 0 aromatic heterocycles. The van der Waals surface area contributed by atoms with E-state index in [1.54, 1.807) is 6.07 Å². The maximum absolute atomic E-state index is 11.8. The molecule has 2 amide bonds. The van der Waals surface area contributed by atoms with Crippen LogP contribution in [0.1, 0.15) is 30.6 Å². The van der Waals surface area contributed by atoms with E-state index in [-0.39, 0.29) is 16.5 Å². The molecule has 0 radical (unpaired) electrons. The smallest absolute Gasteiger partial charge is 0.250 e. The molecule has 0 bridgehead atoms. The number of hydrogen-bond acceptors (Lipinski definition) is 3. The largest absolute Gasteiger partial charge is 0.366 e. The zero-order valence-corrected chi connectivity index (χ0v) is 11.7. The lowest BCUT2D eigenvalue weighted by atomic mass is 10.0. The SMILES string of the molecule is CC(C)C[C@@H](N)C(=O)Nc1ccc(Cl)c(C(N)=O)c1. The topological polar surface area (TPSA) is 98.2 Å². The lowest BCUT2D eigenvalue weighted by molar-refractivity contribution is -0.117. The van der Waals surface area contributed by atoms with Gasteiger partial charge in [-0.3, -0.25) is 9.59 Å². The Kier molecular flexibility index (Phi) is 5.32. The molecule has 5 N–H and O–H groups in total. The van der Waals surface area contributed by atoms with Crippen LogP contribution in [-0.2, 0) is 4.79 Å². The third kappa shape index (κ3) is 4.54. The van der Waals surface area contributed by atoms with E-state index >= 15 is 0 Å². The number of benzene rings is 1. The van der Waals surface area contributed by atoms with Crippen molar-refractivity contribution in [2.24, 2.45) is 17.4 Å². The monoisotopic (exact) mass is 283 g/mol. The molecule has 0 fully saturated rings. The van der Waals surface area contributed by atoms with Crippen LogP contribution < -0.4 is 16.8 Å². The number of carbonyl (C=O) groups excluding carboxylic acids is 2. The molecule has 0 unspecified atom stereocenters. The predicted molar refractivity (Wildman–Crippen MR) is 76.0 cm³/mol. The van der Waals surface area contributed by atoms with Crippen LogP contribution in [0.4, 0.5) is 5.69 Å². The fraction of sp³-hybridized carbons (Fsp3) is 0.385. The molecule has 19 heavy (non-hydrogen) atoms. The summed E-state index contributed by atoms with van der Waals surface area (Å²) in [6.45, 7) is 3.97. The summed E-state index contributed by atoms with van der Waals surface area (Å²) in [4.78, 5) is 23.0. The van der Waals surface area contributed by atoms with Gasteiger partial charge in [0.25, 0.3) is 0 Å². The van der Waals surface area contributed by atoms with Crippen molar-refractivity contribution in [2.75, 3.05) is 5.32 Å². The summed E-state index contributed by atoms with van der Waals surface area (Å²) in [6.07, 6.45) is 0.585. The standard InChI is InChI=1S/C13H18ClN3O2/c1-7(2)5-11(15)13(19)17-8-3-4-10(14)9(6-8)12(16)18/h3-4,6-7,11H,5,15H2,1-2H3,(H2,16,18)(H,17,19)/t11-/m1/s1. The Morgan fingerprint density at radius 2 is 2.00 bits per heavy atom. The van der Waals surface area contributed by atoms with Gasteiger partial charge >= 0.3 is 0 Å². The lowest BCUT2D eigenvalue weighted by Crippen LogP contribution is -2.36. The Bertz CT molecular complexity index is 489. The van der Waals surface area contributed by atoms with Crippen LogP contribution in [0, 0.1) is 5.92 Å². The van der Waals surface area contributed by atoms with E-state index < -0.39 is 11.9 Å². The van der Waals surface area contributed by atoms with Crippen LogP contribution in [-0.4, -0.2) is 17.9 Å². The van der Waals surface area contributed by atoms with Gasteiger partial charge in [0, 0.05) is 5.69 Å². The normalized spacial score (nSPS) is 12.3. The molecule has 1 aromatic rings. The summed E-state index contributed by atoms with van der Waals surface area (Å²) in [5.74, 6) is -0.619. The minimum absolute atomic E-state index is 0.164. The van der Waals surface area contributed by atoms with Crippen molar-refractivity contribution in [3.63, 3.8) is 0 Å². The molecule has 1 rings (SSSR count). The summed E-state index contributed by atoms with van der Waals surface area (Å²) in [7, 11) is 0. The number of anilines is 1. The first kappa shape index (κ1) is 15.5. The lowest BCUT2D eigenvalue weighted by Gasteiger charge is -2.14. The van der Waals surface area contributed by atoms with E-state index in [1.165, 1.54) is 12.1 Å². The van der Waals surface area contributed by atoms with Crippen molar-refractivity contribution >= 4 is 29.1 Å². The Hall–Kier alpha value is -1.59. The van der Waals surface area contributed by atoms with Gasteiger partial charge in [-0.2, -0.15) is 0 Å². The molecule has 1 aromatic carbocycles. The minimum Gasteiger partial charge on any atom is -0.366 e. The molecular weight excluding hydrogens is 266 g/mol. The number of amides is 2. The molecule has 0 aliphatic heterocycles. The van der Waals surface area contributed by atoms with Crippen molar-refractivity contribution in [1.82, 2.24) is 0 Å². The van der Waals surface area contributed by atoms with Gasteiger partial charge in [-0.1, -0.05) is 25.4 Å². The first-order chi connectivity index (χ1) is 8.81. The van der Waals surface area contributed by atoms with Crippen LogP contribution in [0.5, 0.6) is 0 Å². The predicted octanol–water partition coefficient (Wildman–Crippen LogP) is 1.75. The van der Waals surface area contributed by atoms with Crippen molar-refractivity contribution in [1.29, 1.82) is 0 Å². The fourth-order valence-electron chi connectivity index (χ4n) is 1.64. The van der Waals surface area contributed by atoms with Crippen LogP contribution in [0.2, 0.25) is 5.02 Å². The first-order valence-electron chi connectivity index (χ1n) is 5.97. The third-order valence-corrected chi connectivity index (χ3v) is 2.89. The molecule has 104 valence electrons. The minimum atomic E-state index is -0.646. The van der Waals surface area contributed by atoms with E-state index in [0.29, 0.717) is 18.0 Å². The van der Waals surface area contributed by atoms with Gasteiger partial charge in [0.15, 0.2) is 0 Å². The van der Waals surface area contributed by atoms with Gasteiger partial charge in [-0.25, -0.2) is 0 Å². The second-order valence-corrected chi connectivity index (χ2v) is 5.19. The number of carbonyl (C=O) groups is 2. The highest BCUT2D eigenvalue weighted by atomic mass is 35.5. The summed E-state index contributed by atoms with van der Waals surface area (Å²) in [6, 6.07) is 3.94. The van der Waals surface area contributed by atoms with Crippen molar-refractivity contribution < 1.29 is 9.59 Å². The Balaban J connectivity index is 2.80. The van der Waals surface area contributed by atoms with Crippen LogP contribution >= 0.6 is 11.6 Å². The first-order valence-corrected chi connectivity index (χ1v) is 6.35. The van der Waals surface area contributed by atoms with Crippen LogP contribution in [0.25, 0.3) is 0 Å². The molecule has 0 saturated carbocycles. The molecule has 0 saturated heterocycles. The second kappa shape index (κ2) is 6.54. The van der Waals surface area contributed by atoms with E-state index in [1.807, 2.05) is 13.8 Å². The quantitative estimate of drug-likeness (QED) is 0.768. The average molecular weight is 284 g/mol. The van der Waals surface area contributed by atoms with E-state index in [9.17, 15) is 9.59 Å². The summed E-state index contributed by atoms with van der Waals surface area (Å²) in [5.41, 5.74) is 11.6. The highest BCUT2D eigenvalue weighted by molar-refractivity contribution is 6.34. The van der Waals surface area contributed by atoms with Crippen molar-refractivity contribution in [3.05, 3.63) is 28.8 Å². The van der Waals surface area contributed by atoms with Gasteiger partial charge < -0.3 is 16.8 Å². The molecule has 5 nitrogen and oxygen atoms in total. The van der Waals surface area contributed by atoms with Gasteiger partial charge in [-0.05, 0) is 30.5 Å². The molecular formula is C13H18ClN3O2. The van der Waals surface area contributed by atoms with Crippen LogP contribution in [0.15, 0.2) is 18.2 Å². The zero-order valence-electron chi connectivity index (χ0n) is 10.9. The van der Waals surface area contributed by atoms with E-state index in [4.69, 9.17) is 23.1 Å². The maximum atomic E-state index is 11.8. The summed E-state index contributed by atoms with van der Waals surface area (Å²) < 4.78 is 0. The van der Waals surface area contributed by atoms with Crippen LogP contribution in [0.3, 0.4) is 0 Å². The molecule has 1 atom stereocenters. The molecule has 0 heterocycles. The highest BCUT2D eigenvalue weighted by Gasteiger charge is 2.16. The Morgan fingerprint density at radius 1 is 1.37 bits per heavy atom. The number of hydrogen-bond donors (Lipinski definition) is 3. The fourth-order valence-corrected chi connectivity index (χ4v) is 1.85. The zero-order chi connectivity index (χ0) is 14.6. The summed E-state index contributed by atoms with van der Waals surface area (Å²) >= 11 is 5.82. The molecule has 0 spiro atoms. The Labute approximate surface area is 117 Å². The summed E-state index contributed by atoms with van der Waals surface area (Å²) in [5, 5.41) is 2.89. The number of rotatable bonds is 5. The van der Waals surface area contributed by atoms with Gasteiger partial charge in [-0.15, -0.1) is 0 Å². The van der Waals surface area contributed by atoms with E-state index in [2.05, 4.69) is 5.32 Å². The van der Waals surface area contributed by atoms with Crippen molar-refractivity contribution in [2.45, 2.75) is 26.3 Å². The average Bonchev–Trinajstić information content (AvgIpc) is 2.30. The van der Waals surface area contributed by atoms with Gasteiger partial charge in [0.2, 0.25) is 11.8 Å². The Morgan fingerprint density at radius 3 is 2.53 bits per heavy atom.